The number of amidine groups is 1. The van der Waals surface area contributed by atoms with E-state index in [1.807, 2.05) is 0 Å². The monoisotopic (exact) mass is 184 g/mol. The van der Waals surface area contributed by atoms with Crippen LogP contribution in [0.15, 0.2) is 0 Å². The van der Waals surface area contributed by atoms with Gasteiger partial charge >= 0.3 is 0 Å². The van der Waals surface area contributed by atoms with Gasteiger partial charge in [-0.05, 0) is 12.8 Å². The molecule has 1 aliphatic rings. The third kappa shape index (κ3) is 4.88. The van der Waals surface area contributed by atoms with Crippen molar-refractivity contribution in [2.75, 3.05) is 6.61 Å². The van der Waals surface area contributed by atoms with Crippen LogP contribution in [-0.2, 0) is 4.74 Å². The second-order valence-corrected chi connectivity index (χ2v) is 3.76. The molecule has 3 N–H and O–H groups in total. The van der Waals surface area contributed by atoms with Gasteiger partial charge in [-0.2, -0.15) is 0 Å². The second kappa shape index (κ2) is 5.97. The van der Waals surface area contributed by atoms with Gasteiger partial charge in [0.2, 0.25) is 0 Å². The summed E-state index contributed by atoms with van der Waals surface area (Å²) in [6.45, 7) is 0.625. The van der Waals surface area contributed by atoms with Crippen molar-refractivity contribution in [3.05, 3.63) is 0 Å². The van der Waals surface area contributed by atoms with Gasteiger partial charge < -0.3 is 10.5 Å². The van der Waals surface area contributed by atoms with Crippen LogP contribution in [0.4, 0.5) is 0 Å². The summed E-state index contributed by atoms with van der Waals surface area (Å²) in [6, 6.07) is 0. The Balaban J connectivity index is 2.08. The Morgan fingerprint density at radius 3 is 2.38 bits per heavy atom. The first-order chi connectivity index (χ1) is 6.29. The molecule has 0 radical (unpaired) electrons. The van der Waals surface area contributed by atoms with Crippen LogP contribution in [0, 0.1) is 5.41 Å². The van der Waals surface area contributed by atoms with Gasteiger partial charge in [0.1, 0.15) is 0 Å². The lowest BCUT2D eigenvalue weighted by Gasteiger charge is -2.14. The highest BCUT2D eigenvalue weighted by molar-refractivity contribution is 5.76. The van der Waals surface area contributed by atoms with Crippen molar-refractivity contribution in [1.82, 2.24) is 0 Å². The van der Waals surface area contributed by atoms with Gasteiger partial charge in [0.05, 0.1) is 18.5 Å². The third-order valence-corrected chi connectivity index (χ3v) is 2.53. The molecule has 0 amide bonds. The van der Waals surface area contributed by atoms with Gasteiger partial charge in [-0.25, -0.2) is 0 Å². The van der Waals surface area contributed by atoms with Crippen molar-refractivity contribution in [3.8, 4) is 0 Å². The Morgan fingerprint density at radius 1 is 1.23 bits per heavy atom. The Kier molecular flexibility index (Phi) is 4.83. The van der Waals surface area contributed by atoms with E-state index in [0.717, 1.165) is 0 Å². The number of nitrogens with two attached hydrogens (primary N) is 1. The van der Waals surface area contributed by atoms with E-state index in [1.54, 1.807) is 0 Å². The molecular formula is C10H20N2O. The number of ether oxygens (including phenoxy) is 1. The van der Waals surface area contributed by atoms with Gasteiger partial charge in [-0.15, -0.1) is 0 Å². The molecular weight excluding hydrogens is 164 g/mol. The largest absolute Gasteiger partial charge is 0.388 e. The molecule has 1 rings (SSSR count). The zero-order valence-corrected chi connectivity index (χ0v) is 8.22. The third-order valence-electron chi connectivity index (χ3n) is 2.53. The lowest BCUT2D eigenvalue weighted by molar-refractivity contribution is 0.0478. The average Bonchev–Trinajstić information content (AvgIpc) is 2.32. The lowest BCUT2D eigenvalue weighted by Crippen LogP contribution is -2.17. The number of hydrogen-bond donors (Lipinski definition) is 2. The molecule has 1 aliphatic carbocycles. The van der Waals surface area contributed by atoms with Gasteiger partial charge in [-0.3, -0.25) is 5.41 Å². The molecule has 1 saturated carbocycles. The van der Waals surface area contributed by atoms with Gasteiger partial charge in [0.15, 0.2) is 0 Å². The Labute approximate surface area is 80.2 Å². The quantitative estimate of drug-likeness (QED) is 0.399. The maximum atomic E-state index is 7.05. The standard InChI is InChI=1S/C10H20N2O/c11-10(12)7-8-13-9-5-3-1-2-4-6-9/h9H,1-8H2,(H3,11,12). The smallest absolute Gasteiger partial charge is 0.0928 e. The fourth-order valence-corrected chi connectivity index (χ4v) is 1.74. The van der Waals surface area contributed by atoms with E-state index in [1.165, 1.54) is 38.5 Å². The van der Waals surface area contributed by atoms with Crippen LogP contribution in [0.25, 0.3) is 0 Å². The van der Waals surface area contributed by atoms with Gasteiger partial charge in [-0.1, -0.05) is 25.7 Å². The average molecular weight is 184 g/mol. The predicted octanol–water partition coefficient (Wildman–Crippen LogP) is 2.05. The Bertz CT molecular complexity index is 151. The maximum Gasteiger partial charge on any atom is 0.0928 e. The van der Waals surface area contributed by atoms with Gasteiger partial charge in [0.25, 0.3) is 0 Å². The summed E-state index contributed by atoms with van der Waals surface area (Å²) in [5.41, 5.74) is 5.24. The van der Waals surface area contributed by atoms with Crippen LogP contribution in [0.2, 0.25) is 0 Å². The highest BCUT2D eigenvalue weighted by atomic mass is 16.5. The highest BCUT2D eigenvalue weighted by Gasteiger charge is 2.11. The summed E-state index contributed by atoms with van der Waals surface area (Å²) >= 11 is 0. The van der Waals surface area contributed by atoms with Crippen LogP contribution < -0.4 is 5.73 Å². The SMILES string of the molecule is N=C(N)CCOC1CCCCCC1. The molecule has 1 fully saturated rings. The molecule has 13 heavy (non-hydrogen) atoms. The van der Waals surface area contributed by atoms with Crippen LogP contribution in [0.1, 0.15) is 44.9 Å². The summed E-state index contributed by atoms with van der Waals surface area (Å²) in [7, 11) is 0. The molecule has 0 aromatic carbocycles. The first-order valence-electron chi connectivity index (χ1n) is 5.23. The zero-order chi connectivity index (χ0) is 9.52. The molecule has 0 unspecified atom stereocenters. The minimum Gasteiger partial charge on any atom is -0.388 e. The minimum atomic E-state index is 0.230. The summed E-state index contributed by atoms with van der Waals surface area (Å²) in [4.78, 5) is 0. The normalized spacial score (nSPS) is 19.7. The summed E-state index contributed by atoms with van der Waals surface area (Å²) in [6.07, 6.45) is 8.70. The van der Waals surface area contributed by atoms with Crippen LogP contribution in [0.5, 0.6) is 0 Å². The molecule has 3 heteroatoms. The summed E-state index contributed by atoms with van der Waals surface area (Å²) < 4.78 is 5.65. The van der Waals surface area contributed by atoms with E-state index in [-0.39, 0.29) is 5.84 Å². The van der Waals surface area contributed by atoms with E-state index in [9.17, 15) is 0 Å². The lowest BCUT2D eigenvalue weighted by atomic mass is 10.1. The number of hydrogen-bond acceptors (Lipinski definition) is 2. The van der Waals surface area contributed by atoms with Crippen molar-refractivity contribution >= 4 is 5.84 Å². The second-order valence-electron chi connectivity index (χ2n) is 3.76. The topological polar surface area (TPSA) is 59.1 Å². The number of rotatable bonds is 4. The van der Waals surface area contributed by atoms with E-state index in [4.69, 9.17) is 15.9 Å². The van der Waals surface area contributed by atoms with Crippen molar-refractivity contribution in [3.63, 3.8) is 0 Å². The van der Waals surface area contributed by atoms with E-state index >= 15 is 0 Å². The molecule has 0 bridgehead atoms. The molecule has 0 aromatic heterocycles. The van der Waals surface area contributed by atoms with Crippen molar-refractivity contribution in [1.29, 1.82) is 5.41 Å². The molecule has 76 valence electrons. The zero-order valence-electron chi connectivity index (χ0n) is 8.22. The van der Waals surface area contributed by atoms with Crippen molar-refractivity contribution in [2.45, 2.75) is 51.0 Å². The summed E-state index contributed by atoms with van der Waals surface area (Å²) in [5, 5.41) is 7.05. The van der Waals surface area contributed by atoms with Crippen LogP contribution >= 0.6 is 0 Å². The Morgan fingerprint density at radius 2 is 1.85 bits per heavy atom. The van der Waals surface area contributed by atoms with E-state index in [0.29, 0.717) is 19.1 Å². The summed E-state index contributed by atoms with van der Waals surface area (Å²) in [5.74, 6) is 0.230. The van der Waals surface area contributed by atoms with Gasteiger partial charge in [0, 0.05) is 6.42 Å². The first-order valence-corrected chi connectivity index (χ1v) is 5.23. The molecule has 0 spiro atoms. The molecule has 0 saturated heterocycles. The Hall–Kier alpha value is -0.570. The first kappa shape index (κ1) is 10.5. The minimum absolute atomic E-state index is 0.230. The predicted molar refractivity (Wildman–Crippen MR) is 54.0 cm³/mol. The molecule has 0 aromatic rings. The molecule has 0 atom stereocenters. The van der Waals surface area contributed by atoms with Crippen molar-refractivity contribution < 1.29 is 4.74 Å². The van der Waals surface area contributed by atoms with E-state index in [2.05, 4.69) is 0 Å². The fraction of sp³-hybridized carbons (Fsp3) is 0.900. The molecule has 3 nitrogen and oxygen atoms in total. The van der Waals surface area contributed by atoms with Crippen LogP contribution in [-0.4, -0.2) is 18.5 Å². The van der Waals surface area contributed by atoms with Crippen molar-refractivity contribution in [2.24, 2.45) is 5.73 Å². The van der Waals surface area contributed by atoms with Crippen LogP contribution in [0.3, 0.4) is 0 Å². The van der Waals surface area contributed by atoms with E-state index < -0.39 is 0 Å². The highest BCUT2D eigenvalue weighted by Crippen LogP contribution is 2.19. The molecule has 0 heterocycles. The maximum absolute atomic E-state index is 7.05. The molecule has 0 aliphatic heterocycles. The number of nitrogens with one attached hydrogen (secondary N) is 1. The fourth-order valence-electron chi connectivity index (χ4n) is 1.74.